The lowest BCUT2D eigenvalue weighted by atomic mass is 10.1. The standard InChI is InChI=1S/C14H17BrClN3/c1-8-18-12(13(17)19(8)14(2,3)4)9-5-6-11(16)10(15)7-9/h5-7H,17H2,1-4H3. The largest absolute Gasteiger partial charge is 0.383 e. The number of nitrogens with zero attached hydrogens (tertiary/aromatic N) is 2. The molecule has 0 aliphatic heterocycles. The van der Waals surface area contributed by atoms with Crippen molar-refractivity contribution in [2.75, 3.05) is 5.73 Å². The first-order chi connectivity index (χ1) is 8.71. The minimum Gasteiger partial charge on any atom is -0.383 e. The number of rotatable bonds is 1. The number of aryl methyl sites for hydroxylation is 1. The van der Waals surface area contributed by atoms with E-state index in [4.69, 9.17) is 17.3 Å². The monoisotopic (exact) mass is 341 g/mol. The Balaban J connectivity index is 2.61. The molecular weight excluding hydrogens is 326 g/mol. The van der Waals surface area contributed by atoms with Gasteiger partial charge >= 0.3 is 0 Å². The molecule has 19 heavy (non-hydrogen) atoms. The molecule has 0 atom stereocenters. The van der Waals surface area contributed by atoms with Crippen molar-refractivity contribution in [3.05, 3.63) is 33.5 Å². The Morgan fingerprint density at radius 1 is 1.32 bits per heavy atom. The molecule has 0 aliphatic carbocycles. The van der Waals surface area contributed by atoms with Crippen LogP contribution < -0.4 is 5.73 Å². The van der Waals surface area contributed by atoms with E-state index in [2.05, 4.69) is 41.7 Å². The number of nitrogens with two attached hydrogens (primary N) is 1. The highest BCUT2D eigenvalue weighted by Gasteiger charge is 2.22. The molecule has 0 aliphatic rings. The van der Waals surface area contributed by atoms with E-state index in [1.807, 2.05) is 29.7 Å². The van der Waals surface area contributed by atoms with Gasteiger partial charge in [0.05, 0.1) is 5.02 Å². The van der Waals surface area contributed by atoms with Gasteiger partial charge in [-0.25, -0.2) is 4.98 Å². The number of hydrogen-bond donors (Lipinski definition) is 1. The molecule has 5 heteroatoms. The van der Waals surface area contributed by atoms with Crippen LogP contribution in [0.4, 0.5) is 5.82 Å². The van der Waals surface area contributed by atoms with Crippen molar-refractivity contribution in [3.8, 4) is 11.3 Å². The molecule has 0 spiro atoms. The van der Waals surface area contributed by atoms with Crippen molar-refractivity contribution in [1.29, 1.82) is 0 Å². The molecule has 2 N–H and O–H groups in total. The Bertz CT molecular complexity index is 626. The van der Waals surface area contributed by atoms with E-state index in [0.29, 0.717) is 10.8 Å². The van der Waals surface area contributed by atoms with Crippen LogP contribution in [0, 0.1) is 6.92 Å². The molecule has 3 nitrogen and oxygen atoms in total. The lowest BCUT2D eigenvalue weighted by molar-refractivity contribution is 0.393. The van der Waals surface area contributed by atoms with Gasteiger partial charge in [-0.15, -0.1) is 0 Å². The topological polar surface area (TPSA) is 43.8 Å². The summed E-state index contributed by atoms with van der Waals surface area (Å²) in [6, 6.07) is 5.71. The van der Waals surface area contributed by atoms with Crippen molar-refractivity contribution in [3.63, 3.8) is 0 Å². The molecular formula is C14H17BrClN3. The Hall–Kier alpha value is -1.00. The summed E-state index contributed by atoms with van der Waals surface area (Å²) >= 11 is 9.44. The lowest BCUT2D eigenvalue weighted by Crippen LogP contribution is -2.24. The highest BCUT2D eigenvalue weighted by atomic mass is 79.9. The van der Waals surface area contributed by atoms with Crippen molar-refractivity contribution < 1.29 is 0 Å². The van der Waals surface area contributed by atoms with E-state index >= 15 is 0 Å². The minimum absolute atomic E-state index is 0.0942. The second-order valence-electron chi connectivity index (χ2n) is 5.53. The van der Waals surface area contributed by atoms with Crippen LogP contribution in [0.15, 0.2) is 22.7 Å². The molecule has 0 saturated carbocycles. The van der Waals surface area contributed by atoms with Crippen LogP contribution in [0.5, 0.6) is 0 Å². The summed E-state index contributed by atoms with van der Waals surface area (Å²) in [5, 5.41) is 0.675. The van der Waals surface area contributed by atoms with E-state index in [9.17, 15) is 0 Å². The lowest BCUT2D eigenvalue weighted by Gasteiger charge is -2.24. The summed E-state index contributed by atoms with van der Waals surface area (Å²) < 4.78 is 2.89. The number of anilines is 1. The van der Waals surface area contributed by atoms with E-state index in [0.717, 1.165) is 21.6 Å². The fourth-order valence-electron chi connectivity index (χ4n) is 2.25. The number of hydrogen-bond acceptors (Lipinski definition) is 2. The molecule has 0 saturated heterocycles. The summed E-state index contributed by atoms with van der Waals surface area (Å²) in [6.07, 6.45) is 0. The molecule has 2 aromatic rings. The molecule has 1 aromatic carbocycles. The first-order valence-electron chi connectivity index (χ1n) is 6.02. The summed E-state index contributed by atoms with van der Waals surface area (Å²) in [4.78, 5) is 4.59. The Morgan fingerprint density at radius 3 is 2.42 bits per heavy atom. The number of benzene rings is 1. The predicted molar refractivity (Wildman–Crippen MR) is 84.5 cm³/mol. The molecule has 2 rings (SSSR count). The zero-order chi connectivity index (χ0) is 14.4. The van der Waals surface area contributed by atoms with Crippen LogP contribution in [0.3, 0.4) is 0 Å². The van der Waals surface area contributed by atoms with Gasteiger partial charge in [0.1, 0.15) is 17.3 Å². The van der Waals surface area contributed by atoms with Gasteiger partial charge in [-0.1, -0.05) is 17.7 Å². The van der Waals surface area contributed by atoms with Crippen LogP contribution in [0.25, 0.3) is 11.3 Å². The molecule has 0 unspecified atom stereocenters. The molecule has 0 bridgehead atoms. The Kier molecular flexibility index (Phi) is 3.67. The fourth-order valence-corrected chi connectivity index (χ4v) is 2.75. The van der Waals surface area contributed by atoms with Crippen LogP contribution in [-0.4, -0.2) is 9.55 Å². The second kappa shape index (κ2) is 4.84. The number of halogens is 2. The van der Waals surface area contributed by atoms with Crippen molar-refractivity contribution in [2.24, 2.45) is 0 Å². The highest BCUT2D eigenvalue weighted by molar-refractivity contribution is 9.10. The smallest absolute Gasteiger partial charge is 0.132 e. The van der Waals surface area contributed by atoms with Crippen LogP contribution in [-0.2, 0) is 5.54 Å². The Labute approximate surface area is 126 Å². The summed E-state index contributed by atoms with van der Waals surface area (Å²) in [5.41, 5.74) is 7.92. The van der Waals surface area contributed by atoms with E-state index in [1.165, 1.54) is 0 Å². The van der Waals surface area contributed by atoms with Gasteiger partial charge in [-0.05, 0) is 55.8 Å². The normalized spacial score (nSPS) is 11.9. The SMILES string of the molecule is Cc1nc(-c2ccc(Cl)c(Br)c2)c(N)n1C(C)(C)C. The quantitative estimate of drug-likeness (QED) is 0.822. The highest BCUT2D eigenvalue weighted by Crippen LogP contribution is 2.34. The van der Waals surface area contributed by atoms with Crippen molar-refractivity contribution >= 4 is 33.3 Å². The van der Waals surface area contributed by atoms with E-state index in [1.54, 1.807) is 0 Å². The van der Waals surface area contributed by atoms with Gasteiger partial charge in [-0.2, -0.15) is 0 Å². The minimum atomic E-state index is -0.0942. The third kappa shape index (κ3) is 2.65. The number of imidazole rings is 1. The molecule has 1 heterocycles. The van der Waals surface area contributed by atoms with Crippen LogP contribution >= 0.6 is 27.5 Å². The number of nitrogen functional groups attached to an aromatic ring is 1. The fraction of sp³-hybridized carbons (Fsp3) is 0.357. The van der Waals surface area contributed by atoms with Crippen molar-refractivity contribution in [1.82, 2.24) is 9.55 Å². The maximum atomic E-state index is 6.26. The Morgan fingerprint density at radius 2 is 1.95 bits per heavy atom. The zero-order valence-corrected chi connectivity index (χ0v) is 13.8. The summed E-state index contributed by atoms with van der Waals surface area (Å²) in [6.45, 7) is 8.30. The second-order valence-corrected chi connectivity index (χ2v) is 6.79. The maximum absolute atomic E-state index is 6.26. The van der Waals surface area contributed by atoms with E-state index in [-0.39, 0.29) is 5.54 Å². The maximum Gasteiger partial charge on any atom is 0.132 e. The molecule has 0 amide bonds. The van der Waals surface area contributed by atoms with Gasteiger partial charge in [0.15, 0.2) is 0 Å². The van der Waals surface area contributed by atoms with Crippen molar-refractivity contribution in [2.45, 2.75) is 33.2 Å². The summed E-state index contributed by atoms with van der Waals surface area (Å²) in [7, 11) is 0. The molecule has 0 radical (unpaired) electrons. The van der Waals surface area contributed by atoms with Crippen LogP contribution in [0.1, 0.15) is 26.6 Å². The third-order valence-corrected chi connectivity index (χ3v) is 4.16. The molecule has 102 valence electrons. The van der Waals surface area contributed by atoms with E-state index < -0.39 is 0 Å². The van der Waals surface area contributed by atoms with Gasteiger partial charge in [0.2, 0.25) is 0 Å². The first-order valence-corrected chi connectivity index (χ1v) is 7.19. The average Bonchev–Trinajstić information content (AvgIpc) is 2.57. The average molecular weight is 343 g/mol. The first kappa shape index (κ1) is 14.4. The predicted octanol–water partition coefficient (Wildman–Crippen LogP) is 4.61. The summed E-state index contributed by atoms with van der Waals surface area (Å²) in [5.74, 6) is 1.59. The van der Waals surface area contributed by atoms with Gasteiger partial charge in [-0.3, -0.25) is 0 Å². The third-order valence-electron chi connectivity index (χ3n) is 2.94. The number of aromatic nitrogens is 2. The molecule has 0 fully saturated rings. The van der Waals surface area contributed by atoms with Gasteiger partial charge in [0, 0.05) is 15.6 Å². The zero-order valence-electron chi connectivity index (χ0n) is 11.5. The molecule has 1 aromatic heterocycles. The van der Waals surface area contributed by atoms with Gasteiger partial charge < -0.3 is 10.3 Å². The van der Waals surface area contributed by atoms with Gasteiger partial charge in [0.25, 0.3) is 0 Å². The van der Waals surface area contributed by atoms with Crippen LogP contribution in [0.2, 0.25) is 5.02 Å².